The fraction of sp³-hybridized carbons (Fsp3) is 0.0833. The zero-order valence-corrected chi connectivity index (χ0v) is 17.7. The van der Waals surface area contributed by atoms with Gasteiger partial charge in [-0.2, -0.15) is 0 Å². The minimum atomic E-state index is -0.567. The zero-order valence-electron chi connectivity index (χ0n) is 16.8. The van der Waals surface area contributed by atoms with Gasteiger partial charge in [-0.15, -0.1) is 5.10 Å². The molecule has 3 aromatic carbocycles. The molecule has 0 radical (unpaired) electrons. The summed E-state index contributed by atoms with van der Waals surface area (Å²) in [7, 11) is 0. The van der Waals surface area contributed by atoms with Crippen LogP contribution in [0.3, 0.4) is 0 Å². The Balaban J connectivity index is 1.27. The number of para-hydroxylation sites is 1. The van der Waals surface area contributed by atoms with Crippen molar-refractivity contribution in [1.82, 2.24) is 15.2 Å². The summed E-state index contributed by atoms with van der Waals surface area (Å²) < 4.78 is 5.78. The number of benzene rings is 3. The molecular weight excluding hydrogens is 424 g/mol. The molecule has 2 heterocycles. The van der Waals surface area contributed by atoms with E-state index >= 15 is 0 Å². The fourth-order valence-electron chi connectivity index (χ4n) is 3.41. The van der Waals surface area contributed by atoms with E-state index in [1.54, 1.807) is 24.3 Å². The van der Waals surface area contributed by atoms with Crippen molar-refractivity contribution in [2.24, 2.45) is 0 Å². The molecule has 158 valence electrons. The first kappa shape index (κ1) is 20.0. The molecule has 5 rings (SSSR count). The molecule has 8 heteroatoms. The number of hydrogen-bond acceptors (Lipinski definition) is 6. The van der Waals surface area contributed by atoms with E-state index in [-0.39, 0.29) is 18.2 Å². The SMILES string of the molecule is O=C1C[C@H](Sc2n[nH]c(-c3ccccc3)n2)C(=O)N1c1ccc(Oc2ccccc2)cc1. The molecule has 1 aliphatic rings. The Kier molecular flexibility index (Phi) is 5.43. The highest BCUT2D eigenvalue weighted by Gasteiger charge is 2.40. The molecule has 7 nitrogen and oxygen atoms in total. The number of aromatic amines is 1. The van der Waals surface area contributed by atoms with Crippen LogP contribution in [-0.4, -0.2) is 32.2 Å². The van der Waals surface area contributed by atoms with E-state index in [2.05, 4.69) is 15.2 Å². The lowest BCUT2D eigenvalue weighted by Gasteiger charge is -2.15. The van der Waals surface area contributed by atoms with Crippen LogP contribution in [0.1, 0.15) is 6.42 Å². The maximum absolute atomic E-state index is 13.0. The number of carbonyl (C=O) groups is 2. The Hall–Kier alpha value is -3.91. The van der Waals surface area contributed by atoms with E-state index in [1.165, 1.54) is 16.7 Å². The van der Waals surface area contributed by atoms with Crippen LogP contribution in [0.4, 0.5) is 5.69 Å². The minimum absolute atomic E-state index is 0.0982. The van der Waals surface area contributed by atoms with Gasteiger partial charge in [-0.1, -0.05) is 60.3 Å². The Labute approximate surface area is 188 Å². The summed E-state index contributed by atoms with van der Waals surface area (Å²) in [6.45, 7) is 0. The molecule has 32 heavy (non-hydrogen) atoms. The average Bonchev–Trinajstić information content (AvgIpc) is 3.40. The summed E-state index contributed by atoms with van der Waals surface area (Å²) in [5, 5.41) is 6.94. The third kappa shape index (κ3) is 4.13. The first-order chi connectivity index (χ1) is 15.7. The monoisotopic (exact) mass is 442 g/mol. The first-order valence-corrected chi connectivity index (χ1v) is 10.9. The van der Waals surface area contributed by atoms with E-state index in [9.17, 15) is 9.59 Å². The molecule has 0 saturated carbocycles. The van der Waals surface area contributed by atoms with Gasteiger partial charge >= 0.3 is 0 Å². The van der Waals surface area contributed by atoms with E-state index in [0.29, 0.717) is 28.2 Å². The van der Waals surface area contributed by atoms with Gasteiger partial charge in [-0.25, -0.2) is 9.88 Å². The second kappa shape index (κ2) is 8.68. The molecule has 0 bridgehead atoms. The molecule has 1 N–H and O–H groups in total. The van der Waals surface area contributed by atoms with Crippen molar-refractivity contribution in [3.8, 4) is 22.9 Å². The van der Waals surface area contributed by atoms with Crippen molar-refractivity contribution >= 4 is 29.3 Å². The highest BCUT2D eigenvalue weighted by Crippen LogP contribution is 2.34. The second-order valence-corrected chi connectivity index (χ2v) is 8.29. The Bertz CT molecular complexity index is 1240. The summed E-state index contributed by atoms with van der Waals surface area (Å²) in [6.07, 6.45) is 0.0982. The van der Waals surface area contributed by atoms with Gasteiger partial charge in [0.1, 0.15) is 16.7 Å². The zero-order chi connectivity index (χ0) is 21.9. The predicted molar refractivity (Wildman–Crippen MR) is 122 cm³/mol. The van der Waals surface area contributed by atoms with Crippen LogP contribution in [0.5, 0.6) is 11.5 Å². The average molecular weight is 443 g/mol. The molecule has 1 aromatic heterocycles. The number of carbonyl (C=O) groups excluding carboxylic acids is 2. The van der Waals surface area contributed by atoms with E-state index in [1.807, 2.05) is 60.7 Å². The van der Waals surface area contributed by atoms with Crippen molar-refractivity contribution in [3.63, 3.8) is 0 Å². The Morgan fingerprint density at radius 3 is 2.25 bits per heavy atom. The molecule has 1 saturated heterocycles. The van der Waals surface area contributed by atoms with Gasteiger partial charge in [0.05, 0.1) is 5.69 Å². The number of nitrogens with zero attached hydrogens (tertiary/aromatic N) is 3. The molecule has 1 fully saturated rings. The van der Waals surface area contributed by atoms with Crippen molar-refractivity contribution in [2.75, 3.05) is 4.90 Å². The number of imide groups is 1. The second-order valence-electron chi connectivity index (χ2n) is 7.12. The molecule has 0 unspecified atom stereocenters. The molecule has 0 spiro atoms. The summed E-state index contributed by atoms with van der Waals surface area (Å²) in [5.41, 5.74) is 1.42. The maximum Gasteiger partial charge on any atom is 0.247 e. The maximum atomic E-state index is 13.0. The molecule has 4 aromatic rings. The van der Waals surface area contributed by atoms with Crippen LogP contribution in [0.25, 0.3) is 11.4 Å². The number of rotatable bonds is 6. The standard InChI is InChI=1S/C24H18N4O3S/c29-21-15-20(32-24-25-22(26-27-24)16-7-3-1-4-8-16)23(30)28(21)17-11-13-19(14-12-17)31-18-9-5-2-6-10-18/h1-14,20H,15H2,(H,25,26,27)/t20-/m0/s1. The predicted octanol–water partition coefficient (Wildman–Crippen LogP) is 4.69. The van der Waals surface area contributed by atoms with E-state index < -0.39 is 5.25 Å². The van der Waals surface area contributed by atoms with Crippen molar-refractivity contribution in [2.45, 2.75) is 16.8 Å². The third-order valence-corrected chi connectivity index (χ3v) is 5.99. The van der Waals surface area contributed by atoms with Gasteiger partial charge in [-0.05, 0) is 36.4 Å². The lowest BCUT2D eigenvalue weighted by atomic mass is 10.2. The number of H-pyrrole nitrogens is 1. The van der Waals surface area contributed by atoms with Gasteiger partial charge in [0.25, 0.3) is 0 Å². The smallest absolute Gasteiger partial charge is 0.247 e. The van der Waals surface area contributed by atoms with Crippen LogP contribution >= 0.6 is 11.8 Å². The highest BCUT2D eigenvalue weighted by molar-refractivity contribution is 8.00. The number of nitrogens with one attached hydrogen (secondary N) is 1. The number of hydrogen-bond donors (Lipinski definition) is 1. The van der Waals surface area contributed by atoms with Crippen LogP contribution in [0.15, 0.2) is 90.1 Å². The fourth-order valence-corrected chi connectivity index (χ4v) is 4.34. The first-order valence-electron chi connectivity index (χ1n) is 10.0. The molecule has 0 aliphatic carbocycles. The van der Waals surface area contributed by atoms with Gasteiger partial charge in [0, 0.05) is 12.0 Å². The third-order valence-electron chi connectivity index (χ3n) is 4.94. The topological polar surface area (TPSA) is 88.2 Å². The van der Waals surface area contributed by atoms with Crippen LogP contribution in [0.2, 0.25) is 0 Å². The van der Waals surface area contributed by atoms with Crippen LogP contribution < -0.4 is 9.64 Å². The van der Waals surface area contributed by atoms with Crippen molar-refractivity contribution in [3.05, 3.63) is 84.9 Å². The quantitative estimate of drug-likeness (QED) is 0.436. The molecule has 2 amide bonds. The van der Waals surface area contributed by atoms with Crippen LogP contribution in [0, 0.1) is 0 Å². The van der Waals surface area contributed by atoms with Gasteiger partial charge in [-0.3, -0.25) is 14.7 Å². The van der Waals surface area contributed by atoms with Crippen molar-refractivity contribution < 1.29 is 14.3 Å². The number of amides is 2. The highest BCUT2D eigenvalue weighted by atomic mass is 32.2. The van der Waals surface area contributed by atoms with Crippen LogP contribution in [-0.2, 0) is 9.59 Å². The van der Waals surface area contributed by atoms with Gasteiger partial charge < -0.3 is 4.74 Å². The van der Waals surface area contributed by atoms with Gasteiger partial charge in [0.2, 0.25) is 17.0 Å². The number of anilines is 1. The van der Waals surface area contributed by atoms with Crippen molar-refractivity contribution in [1.29, 1.82) is 0 Å². The summed E-state index contributed by atoms with van der Waals surface area (Å²) in [6, 6.07) is 25.9. The number of aromatic nitrogens is 3. The molecule has 1 aliphatic heterocycles. The summed E-state index contributed by atoms with van der Waals surface area (Å²) in [4.78, 5) is 31.2. The summed E-state index contributed by atoms with van der Waals surface area (Å²) >= 11 is 1.19. The molecular formula is C24H18N4O3S. The lowest BCUT2D eigenvalue weighted by Crippen LogP contribution is -2.31. The Morgan fingerprint density at radius 1 is 0.875 bits per heavy atom. The Morgan fingerprint density at radius 2 is 1.53 bits per heavy atom. The summed E-state index contributed by atoms with van der Waals surface area (Å²) in [5.74, 6) is 1.44. The van der Waals surface area contributed by atoms with E-state index in [4.69, 9.17) is 4.74 Å². The van der Waals surface area contributed by atoms with E-state index in [0.717, 1.165) is 5.56 Å². The lowest BCUT2D eigenvalue weighted by molar-refractivity contribution is -0.121. The normalized spacial score (nSPS) is 15.9. The molecule has 1 atom stereocenters. The largest absolute Gasteiger partial charge is 0.457 e. The number of thioether (sulfide) groups is 1. The van der Waals surface area contributed by atoms with Gasteiger partial charge in [0.15, 0.2) is 5.82 Å². The number of ether oxygens (including phenoxy) is 1. The minimum Gasteiger partial charge on any atom is -0.457 e.